The van der Waals surface area contributed by atoms with E-state index in [9.17, 15) is 14.0 Å². The first kappa shape index (κ1) is 16.0. The SMILES string of the molecule is CC1=C(C(=O)OCC(C)C)C(c2cccc(F)c2)NC(=O)N1. The lowest BCUT2D eigenvalue weighted by molar-refractivity contribution is -0.140. The molecule has 1 unspecified atom stereocenters. The van der Waals surface area contributed by atoms with Crippen molar-refractivity contribution in [3.63, 3.8) is 0 Å². The van der Waals surface area contributed by atoms with Gasteiger partial charge >= 0.3 is 12.0 Å². The summed E-state index contributed by atoms with van der Waals surface area (Å²) in [5.74, 6) is -0.755. The molecule has 1 aromatic rings. The molecule has 1 heterocycles. The quantitative estimate of drug-likeness (QED) is 0.840. The molecule has 0 spiro atoms. The molecule has 0 bridgehead atoms. The molecule has 118 valence electrons. The molecule has 1 aliphatic heterocycles. The third kappa shape index (κ3) is 3.63. The molecule has 6 heteroatoms. The van der Waals surface area contributed by atoms with Crippen molar-refractivity contribution in [1.29, 1.82) is 0 Å². The minimum Gasteiger partial charge on any atom is -0.462 e. The number of rotatable bonds is 4. The molecule has 0 radical (unpaired) electrons. The average molecular weight is 306 g/mol. The van der Waals surface area contributed by atoms with Crippen LogP contribution in [-0.4, -0.2) is 18.6 Å². The van der Waals surface area contributed by atoms with E-state index in [1.807, 2.05) is 13.8 Å². The first-order valence-corrected chi connectivity index (χ1v) is 7.09. The van der Waals surface area contributed by atoms with Gasteiger partial charge in [0.15, 0.2) is 0 Å². The fourth-order valence-electron chi connectivity index (χ4n) is 2.22. The first-order chi connectivity index (χ1) is 10.4. The molecule has 22 heavy (non-hydrogen) atoms. The second kappa shape index (κ2) is 6.60. The topological polar surface area (TPSA) is 67.4 Å². The van der Waals surface area contributed by atoms with Crippen molar-refractivity contribution in [2.45, 2.75) is 26.8 Å². The van der Waals surface area contributed by atoms with Gasteiger partial charge in [-0.3, -0.25) is 0 Å². The van der Waals surface area contributed by atoms with Crippen LogP contribution in [0.25, 0.3) is 0 Å². The molecule has 0 aromatic heterocycles. The van der Waals surface area contributed by atoms with Gasteiger partial charge in [-0.15, -0.1) is 0 Å². The number of ether oxygens (including phenoxy) is 1. The van der Waals surface area contributed by atoms with E-state index < -0.39 is 23.9 Å². The molecule has 2 amide bonds. The Bertz CT molecular complexity index is 626. The summed E-state index contributed by atoms with van der Waals surface area (Å²) >= 11 is 0. The molecule has 1 aromatic carbocycles. The Labute approximate surface area is 128 Å². The highest BCUT2D eigenvalue weighted by molar-refractivity contribution is 5.95. The molecule has 0 saturated heterocycles. The van der Waals surface area contributed by atoms with Crippen molar-refractivity contribution in [2.24, 2.45) is 5.92 Å². The number of halogens is 1. The van der Waals surface area contributed by atoms with Crippen molar-refractivity contribution in [3.05, 3.63) is 46.9 Å². The van der Waals surface area contributed by atoms with Crippen LogP contribution in [0.15, 0.2) is 35.5 Å². The Balaban J connectivity index is 2.34. The standard InChI is InChI=1S/C16H19FN2O3/c1-9(2)8-22-15(20)13-10(3)18-16(21)19-14(13)11-5-4-6-12(17)7-11/h4-7,9,14H,8H2,1-3H3,(H2,18,19,21). The number of benzene rings is 1. The average Bonchev–Trinajstić information content (AvgIpc) is 2.44. The normalized spacial score (nSPS) is 18.0. The largest absolute Gasteiger partial charge is 0.462 e. The second-order valence-electron chi connectivity index (χ2n) is 5.62. The van der Waals surface area contributed by atoms with Gasteiger partial charge in [0.25, 0.3) is 0 Å². The lowest BCUT2D eigenvalue weighted by Gasteiger charge is -2.28. The van der Waals surface area contributed by atoms with Crippen LogP contribution in [0.4, 0.5) is 9.18 Å². The molecule has 1 atom stereocenters. The molecule has 0 fully saturated rings. The molecule has 5 nitrogen and oxygen atoms in total. The van der Waals surface area contributed by atoms with Gasteiger partial charge in [-0.25, -0.2) is 14.0 Å². The van der Waals surface area contributed by atoms with Gasteiger partial charge in [-0.1, -0.05) is 26.0 Å². The lowest BCUT2D eigenvalue weighted by Crippen LogP contribution is -2.45. The van der Waals surface area contributed by atoms with E-state index in [0.29, 0.717) is 11.3 Å². The van der Waals surface area contributed by atoms with Crippen molar-refractivity contribution < 1.29 is 18.7 Å². The zero-order valence-electron chi connectivity index (χ0n) is 12.8. The number of nitrogens with one attached hydrogen (secondary N) is 2. The van der Waals surface area contributed by atoms with Crippen LogP contribution in [-0.2, 0) is 9.53 Å². The highest BCUT2D eigenvalue weighted by atomic mass is 19.1. The number of amides is 2. The second-order valence-corrected chi connectivity index (χ2v) is 5.62. The fraction of sp³-hybridized carbons (Fsp3) is 0.375. The smallest absolute Gasteiger partial charge is 0.338 e. The van der Waals surface area contributed by atoms with E-state index in [4.69, 9.17) is 4.74 Å². The minimum absolute atomic E-state index is 0.198. The Kier molecular flexibility index (Phi) is 4.80. The minimum atomic E-state index is -0.732. The molecule has 1 aliphatic rings. The van der Waals surface area contributed by atoms with E-state index in [2.05, 4.69) is 10.6 Å². The highest BCUT2D eigenvalue weighted by Crippen LogP contribution is 2.28. The summed E-state index contributed by atoms with van der Waals surface area (Å²) in [6.07, 6.45) is 0. The van der Waals surface area contributed by atoms with E-state index >= 15 is 0 Å². The van der Waals surface area contributed by atoms with E-state index in [0.717, 1.165) is 0 Å². The zero-order valence-corrected chi connectivity index (χ0v) is 12.8. The van der Waals surface area contributed by atoms with Gasteiger partial charge in [-0.2, -0.15) is 0 Å². The van der Waals surface area contributed by atoms with E-state index in [1.165, 1.54) is 18.2 Å². The molecular weight excluding hydrogens is 287 g/mol. The van der Waals surface area contributed by atoms with Crippen molar-refractivity contribution in [2.75, 3.05) is 6.61 Å². The summed E-state index contributed by atoms with van der Waals surface area (Å²) in [6, 6.07) is 4.61. The maximum Gasteiger partial charge on any atom is 0.338 e. The number of allylic oxidation sites excluding steroid dienone is 1. The Hall–Kier alpha value is -2.37. The summed E-state index contributed by atoms with van der Waals surface area (Å²) < 4.78 is 18.7. The van der Waals surface area contributed by atoms with Crippen LogP contribution in [0.3, 0.4) is 0 Å². The monoisotopic (exact) mass is 306 g/mol. The van der Waals surface area contributed by atoms with Gasteiger partial charge in [0, 0.05) is 5.70 Å². The number of carbonyl (C=O) groups is 2. The third-order valence-electron chi connectivity index (χ3n) is 3.22. The van der Waals surface area contributed by atoms with Crippen molar-refractivity contribution >= 4 is 12.0 Å². The van der Waals surface area contributed by atoms with Gasteiger partial charge in [-0.05, 0) is 30.5 Å². The van der Waals surface area contributed by atoms with Gasteiger partial charge in [0.05, 0.1) is 18.2 Å². The molecule has 2 N–H and O–H groups in total. The summed E-state index contributed by atoms with van der Waals surface area (Å²) in [6.45, 7) is 5.76. The summed E-state index contributed by atoms with van der Waals surface area (Å²) in [7, 11) is 0. The molecule has 2 rings (SSSR count). The predicted molar refractivity (Wildman–Crippen MR) is 79.3 cm³/mol. The summed E-state index contributed by atoms with van der Waals surface area (Å²) in [4.78, 5) is 24.0. The Morgan fingerprint density at radius 1 is 1.41 bits per heavy atom. The molecule has 0 saturated carbocycles. The lowest BCUT2D eigenvalue weighted by atomic mass is 9.95. The highest BCUT2D eigenvalue weighted by Gasteiger charge is 2.32. The van der Waals surface area contributed by atoms with Crippen LogP contribution in [0.2, 0.25) is 0 Å². The van der Waals surface area contributed by atoms with Crippen LogP contribution in [0.5, 0.6) is 0 Å². The van der Waals surface area contributed by atoms with Crippen molar-refractivity contribution in [3.8, 4) is 0 Å². The van der Waals surface area contributed by atoms with Crippen LogP contribution < -0.4 is 10.6 Å². The van der Waals surface area contributed by atoms with Gasteiger partial charge < -0.3 is 15.4 Å². The number of hydrogen-bond acceptors (Lipinski definition) is 3. The van der Waals surface area contributed by atoms with E-state index in [1.54, 1.807) is 13.0 Å². The Morgan fingerprint density at radius 2 is 2.14 bits per heavy atom. The molecule has 0 aliphatic carbocycles. The first-order valence-electron chi connectivity index (χ1n) is 7.09. The maximum absolute atomic E-state index is 13.4. The third-order valence-corrected chi connectivity index (χ3v) is 3.22. The predicted octanol–water partition coefficient (Wildman–Crippen LogP) is 2.65. The summed E-state index contributed by atoms with van der Waals surface area (Å²) in [5.41, 5.74) is 1.18. The number of urea groups is 1. The van der Waals surface area contributed by atoms with Crippen LogP contribution in [0, 0.1) is 11.7 Å². The van der Waals surface area contributed by atoms with Crippen molar-refractivity contribution in [1.82, 2.24) is 10.6 Å². The number of hydrogen-bond donors (Lipinski definition) is 2. The summed E-state index contributed by atoms with van der Waals surface area (Å²) in [5, 5.41) is 5.18. The zero-order chi connectivity index (χ0) is 16.3. The molecular formula is C16H19FN2O3. The Morgan fingerprint density at radius 3 is 2.77 bits per heavy atom. The maximum atomic E-state index is 13.4. The fourth-order valence-corrected chi connectivity index (χ4v) is 2.22. The van der Waals surface area contributed by atoms with E-state index in [-0.39, 0.29) is 18.1 Å². The number of carbonyl (C=O) groups excluding carboxylic acids is 2. The van der Waals surface area contributed by atoms with Crippen LogP contribution in [0.1, 0.15) is 32.4 Å². The van der Waals surface area contributed by atoms with Crippen LogP contribution >= 0.6 is 0 Å². The number of esters is 1. The van der Waals surface area contributed by atoms with Gasteiger partial charge in [0.1, 0.15) is 5.82 Å². The van der Waals surface area contributed by atoms with Gasteiger partial charge in [0.2, 0.25) is 0 Å².